The molecule has 0 aromatic carbocycles. The van der Waals surface area contributed by atoms with E-state index in [1.54, 1.807) is 11.8 Å². The third-order valence-corrected chi connectivity index (χ3v) is 3.47. The highest BCUT2D eigenvalue weighted by atomic mass is 32.2. The molecule has 0 bridgehead atoms. The molecule has 0 aliphatic rings. The van der Waals surface area contributed by atoms with Gasteiger partial charge >= 0.3 is 0 Å². The Balaban J connectivity index is 2.49. The average molecular weight is 244 g/mol. The van der Waals surface area contributed by atoms with Gasteiger partial charge in [-0.1, -0.05) is 6.92 Å². The van der Waals surface area contributed by atoms with Crippen LogP contribution in [0.25, 0.3) is 0 Å². The summed E-state index contributed by atoms with van der Waals surface area (Å²) >= 11 is 1.62. The van der Waals surface area contributed by atoms with E-state index in [0.717, 1.165) is 24.4 Å². The van der Waals surface area contributed by atoms with Crippen molar-refractivity contribution < 1.29 is 10.2 Å². The van der Waals surface area contributed by atoms with Crippen molar-refractivity contribution in [1.29, 1.82) is 0 Å². The number of nitrogens with zero attached hydrogens (tertiary/aromatic N) is 2. The molecule has 16 heavy (non-hydrogen) atoms. The number of hydrogen-bond acceptors (Lipinski definition) is 4. The summed E-state index contributed by atoms with van der Waals surface area (Å²) in [7, 11) is 0. The predicted molar refractivity (Wildman–Crippen MR) is 66.5 cm³/mol. The largest absolute Gasteiger partial charge is 0.394 e. The molecule has 1 unspecified atom stereocenters. The van der Waals surface area contributed by atoms with Crippen LogP contribution in [0.4, 0.5) is 0 Å². The van der Waals surface area contributed by atoms with Crippen molar-refractivity contribution in [2.24, 2.45) is 0 Å². The lowest BCUT2D eigenvalue weighted by Crippen LogP contribution is -2.15. The molecule has 2 N–H and O–H groups in total. The number of rotatable bonds is 7. The smallest absolute Gasteiger partial charge is 0.0861 e. The molecule has 1 rings (SSSR count). The maximum atomic E-state index is 9.22. The van der Waals surface area contributed by atoms with Gasteiger partial charge < -0.3 is 10.2 Å². The van der Waals surface area contributed by atoms with Crippen molar-refractivity contribution >= 4 is 11.8 Å². The highest BCUT2D eigenvalue weighted by molar-refractivity contribution is 7.98. The van der Waals surface area contributed by atoms with E-state index in [1.807, 2.05) is 4.68 Å². The number of thioether (sulfide) groups is 1. The third-order valence-electron chi connectivity index (χ3n) is 2.35. The summed E-state index contributed by atoms with van der Waals surface area (Å²) in [5.41, 5.74) is 2.30. The lowest BCUT2D eigenvalue weighted by Gasteiger charge is -2.07. The van der Waals surface area contributed by atoms with Crippen molar-refractivity contribution in [3.63, 3.8) is 0 Å². The third kappa shape index (κ3) is 3.81. The van der Waals surface area contributed by atoms with Gasteiger partial charge in [-0.3, -0.25) is 4.68 Å². The fourth-order valence-corrected chi connectivity index (χ4v) is 2.37. The molecule has 4 nitrogen and oxygen atoms in total. The quantitative estimate of drug-likeness (QED) is 0.753. The minimum absolute atomic E-state index is 0.166. The Labute approximate surface area is 101 Å². The van der Waals surface area contributed by atoms with Crippen molar-refractivity contribution in [2.75, 3.05) is 12.4 Å². The summed E-state index contributed by atoms with van der Waals surface area (Å²) < 4.78 is 2.00. The maximum absolute atomic E-state index is 9.22. The Bertz CT molecular complexity index is 315. The Hall–Kier alpha value is -0.520. The van der Waals surface area contributed by atoms with E-state index in [9.17, 15) is 5.11 Å². The molecule has 0 spiro atoms. The van der Waals surface area contributed by atoms with E-state index in [4.69, 9.17) is 5.11 Å². The molecule has 1 atom stereocenters. The molecule has 0 aliphatic heterocycles. The molecule has 0 aliphatic carbocycles. The van der Waals surface area contributed by atoms with Crippen molar-refractivity contribution in [3.8, 4) is 0 Å². The van der Waals surface area contributed by atoms with Gasteiger partial charge in [0.2, 0.25) is 0 Å². The highest BCUT2D eigenvalue weighted by Gasteiger charge is 2.07. The van der Waals surface area contributed by atoms with Crippen LogP contribution in [-0.2, 0) is 18.7 Å². The monoisotopic (exact) mass is 244 g/mol. The van der Waals surface area contributed by atoms with Gasteiger partial charge in [-0.2, -0.15) is 16.9 Å². The summed E-state index contributed by atoms with van der Waals surface area (Å²) in [4.78, 5) is 0. The lowest BCUT2D eigenvalue weighted by atomic mass is 10.3. The van der Waals surface area contributed by atoms with Crippen LogP contribution in [0.1, 0.15) is 25.2 Å². The van der Waals surface area contributed by atoms with Crippen molar-refractivity contribution in [2.45, 2.75) is 38.7 Å². The molecule has 0 saturated carbocycles. The molecule has 5 heteroatoms. The first-order valence-corrected chi connectivity index (χ1v) is 6.79. The molecule has 92 valence electrons. The van der Waals surface area contributed by atoms with Crippen LogP contribution in [0, 0.1) is 0 Å². The molecule has 1 heterocycles. The van der Waals surface area contributed by atoms with Crippen LogP contribution in [0.2, 0.25) is 0 Å². The molecular formula is C11H20N2O2S. The fraction of sp³-hybridized carbons (Fsp3) is 0.727. The molecule has 1 aromatic heterocycles. The van der Waals surface area contributed by atoms with E-state index in [2.05, 4.69) is 25.0 Å². The van der Waals surface area contributed by atoms with Gasteiger partial charge in [-0.25, -0.2) is 0 Å². The summed E-state index contributed by atoms with van der Waals surface area (Å²) in [5, 5.41) is 22.4. The standard InChI is InChI=1S/C11H20N2O2S/c1-3-9-5-10(13(4-2)12-9)7-16-8-11(15)6-14/h5,11,14-15H,3-4,6-8H2,1-2H3. The Morgan fingerprint density at radius 2 is 2.25 bits per heavy atom. The highest BCUT2D eigenvalue weighted by Crippen LogP contribution is 2.15. The fourth-order valence-electron chi connectivity index (χ4n) is 1.43. The molecule has 0 saturated heterocycles. The second kappa shape index (κ2) is 6.93. The maximum Gasteiger partial charge on any atom is 0.0861 e. The van der Waals surface area contributed by atoms with E-state index in [1.165, 1.54) is 5.69 Å². The zero-order chi connectivity index (χ0) is 12.0. The van der Waals surface area contributed by atoms with Crippen LogP contribution >= 0.6 is 11.8 Å². The zero-order valence-corrected chi connectivity index (χ0v) is 10.7. The van der Waals surface area contributed by atoms with Crippen LogP contribution in [0.5, 0.6) is 0 Å². The van der Waals surface area contributed by atoms with Crippen molar-refractivity contribution in [3.05, 3.63) is 17.5 Å². The first kappa shape index (κ1) is 13.5. The minimum Gasteiger partial charge on any atom is -0.394 e. The predicted octanol–water partition coefficient (Wildman–Crippen LogP) is 1.05. The number of aliphatic hydroxyl groups is 2. The van der Waals surface area contributed by atoms with Crippen LogP contribution in [0.15, 0.2) is 6.07 Å². The van der Waals surface area contributed by atoms with Crippen molar-refractivity contribution in [1.82, 2.24) is 9.78 Å². The SMILES string of the molecule is CCc1cc(CSCC(O)CO)n(CC)n1. The molecule has 0 amide bonds. The van der Waals surface area contributed by atoms with E-state index in [-0.39, 0.29) is 6.61 Å². The average Bonchev–Trinajstić information content (AvgIpc) is 2.71. The summed E-state index contributed by atoms with van der Waals surface area (Å²) in [6.07, 6.45) is 0.331. The zero-order valence-electron chi connectivity index (χ0n) is 9.89. The normalized spacial score (nSPS) is 13.0. The van der Waals surface area contributed by atoms with E-state index < -0.39 is 6.10 Å². The van der Waals surface area contributed by atoms with Gasteiger partial charge in [-0.15, -0.1) is 0 Å². The Morgan fingerprint density at radius 1 is 1.50 bits per heavy atom. The van der Waals surface area contributed by atoms with Crippen LogP contribution < -0.4 is 0 Å². The van der Waals surface area contributed by atoms with E-state index in [0.29, 0.717) is 5.75 Å². The molecule has 1 aromatic rings. The van der Waals surface area contributed by atoms with Gasteiger partial charge in [0.25, 0.3) is 0 Å². The van der Waals surface area contributed by atoms with Gasteiger partial charge in [0.15, 0.2) is 0 Å². The number of aromatic nitrogens is 2. The molecule has 0 radical (unpaired) electrons. The molecular weight excluding hydrogens is 224 g/mol. The van der Waals surface area contributed by atoms with Gasteiger partial charge in [0, 0.05) is 23.7 Å². The van der Waals surface area contributed by atoms with Crippen LogP contribution in [0.3, 0.4) is 0 Å². The second-order valence-electron chi connectivity index (χ2n) is 3.65. The lowest BCUT2D eigenvalue weighted by molar-refractivity contribution is 0.113. The number of hydrogen-bond donors (Lipinski definition) is 2. The second-order valence-corrected chi connectivity index (χ2v) is 4.68. The van der Waals surface area contributed by atoms with Gasteiger partial charge in [0.1, 0.15) is 0 Å². The first-order valence-electron chi connectivity index (χ1n) is 5.63. The van der Waals surface area contributed by atoms with Crippen LogP contribution in [-0.4, -0.2) is 38.5 Å². The number of aryl methyl sites for hydroxylation is 2. The Kier molecular flexibility index (Phi) is 5.87. The van der Waals surface area contributed by atoms with Gasteiger partial charge in [0.05, 0.1) is 18.4 Å². The number of aliphatic hydroxyl groups excluding tert-OH is 2. The topological polar surface area (TPSA) is 58.3 Å². The first-order chi connectivity index (χ1) is 7.71. The van der Waals surface area contributed by atoms with E-state index >= 15 is 0 Å². The summed E-state index contributed by atoms with van der Waals surface area (Å²) in [5.74, 6) is 1.39. The molecule has 0 fully saturated rings. The minimum atomic E-state index is -0.617. The van der Waals surface area contributed by atoms with Gasteiger partial charge in [-0.05, 0) is 19.4 Å². The summed E-state index contributed by atoms with van der Waals surface area (Å²) in [6, 6.07) is 2.11. The summed E-state index contributed by atoms with van der Waals surface area (Å²) in [6.45, 7) is 4.87. The Morgan fingerprint density at radius 3 is 2.81 bits per heavy atom.